The van der Waals surface area contributed by atoms with Crippen LogP contribution in [0.3, 0.4) is 0 Å². The van der Waals surface area contributed by atoms with Crippen molar-refractivity contribution in [2.75, 3.05) is 0 Å². The minimum atomic E-state index is -2.96. The van der Waals surface area contributed by atoms with E-state index in [2.05, 4.69) is 13.8 Å². The van der Waals surface area contributed by atoms with Crippen molar-refractivity contribution in [3.05, 3.63) is 0 Å². The van der Waals surface area contributed by atoms with E-state index in [0.29, 0.717) is 0 Å². The molecule has 0 rings (SSSR count). The van der Waals surface area contributed by atoms with Crippen molar-refractivity contribution in [2.24, 2.45) is 0 Å². The van der Waals surface area contributed by atoms with E-state index >= 15 is 0 Å². The SMILES string of the molecule is CCCCCCC[CH2][Sn]([Cl])([Cl])[Cl].CCC[CH2][Sn]([Cl])([Cl])[Cl]. The van der Waals surface area contributed by atoms with E-state index < -0.39 is 30.0 Å². The van der Waals surface area contributed by atoms with E-state index in [9.17, 15) is 0 Å². The summed E-state index contributed by atoms with van der Waals surface area (Å²) in [5, 5.41) is 0. The second-order valence-corrected chi connectivity index (χ2v) is 48.5. The summed E-state index contributed by atoms with van der Waals surface area (Å²) in [5.41, 5.74) is 0. The van der Waals surface area contributed by atoms with Gasteiger partial charge in [-0.05, 0) is 0 Å². The van der Waals surface area contributed by atoms with Crippen molar-refractivity contribution in [3.8, 4) is 0 Å². The first kappa shape index (κ1) is 25.6. The summed E-state index contributed by atoms with van der Waals surface area (Å²) in [7, 11) is 34.4. The Morgan fingerprint density at radius 1 is 0.500 bits per heavy atom. The van der Waals surface area contributed by atoms with Crippen molar-refractivity contribution >= 4 is 83.5 Å². The van der Waals surface area contributed by atoms with Crippen LogP contribution in [0.2, 0.25) is 8.87 Å². The molecule has 8 heteroatoms. The quantitative estimate of drug-likeness (QED) is 0.170. The van der Waals surface area contributed by atoms with Gasteiger partial charge in [0.25, 0.3) is 0 Å². The maximum atomic E-state index is 5.81. The van der Waals surface area contributed by atoms with Crippen LogP contribution >= 0.6 is 53.5 Å². The van der Waals surface area contributed by atoms with Crippen LogP contribution in [0.5, 0.6) is 0 Å². The summed E-state index contributed by atoms with van der Waals surface area (Å²) in [4.78, 5) is 0. The molecule has 0 amide bonds. The molecule has 124 valence electrons. The van der Waals surface area contributed by atoms with Gasteiger partial charge >= 0.3 is 158 Å². The summed E-state index contributed by atoms with van der Waals surface area (Å²) < 4.78 is 1.77. The predicted molar refractivity (Wildman–Crippen MR) is 105 cm³/mol. The fourth-order valence-corrected chi connectivity index (χ4v) is 10.9. The topological polar surface area (TPSA) is 0 Å². The molecule has 0 atom stereocenters. The number of unbranched alkanes of at least 4 members (excludes halogenated alkanes) is 6. The van der Waals surface area contributed by atoms with Gasteiger partial charge in [-0.15, -0.1) is 0 Å². The molecule has 0 unspecified atom stereocenters. The van der Waals surface area contributed by atoms with Crippen molar-refractivity contribution < 1.29 is 0 Å². The molecule has 0 radical (unpaired) electrons. The standard InChI is InChI=1S/C8H17.C4H9.6ClH.2Sn/c1-3-5-7-8-6-4-2;1-3-4-2;;;;;;;;/h1,3-8H2,2H3;1,3-4H2,2H3;6*1H;;/q;;;;;;;;2*+3/p-6. The Bertz CT molecular complexity index is 203. The molecule has 0 bridgehead atoms. The summed E-state index contributed by atoms with van der Waals surface area (Å²) in [6, 6.07) is 0. The molecule has 0 aromatic rings. The molecule has 0 aromatic carbocycles. The van der Waals surface area contributed by atoms with Gasteiger partial charge in [0.1, 0.15) is 0 Å². The van der Waals surface area contributed by atoms with Crippen LogP contribution in [0.1, 0.15) is 65.2 Å². The molecular weight excluding hydrogens is 594 g/mol. The zero-order valence-electron chi connectivity index (χ0n) is 12.3. The van der Waals surface area contributed by atoms with Gasteiger partial charge in [0.15, 0.2) is 0 Å². The van der Waals surface area contributed by atoms with Gasteiger partial charge in [0, 0.05) is 0 Å². The van der Waals surface area contributed by atoms with Gasteiger partial charge in [-0.2, -0.15) is 0 Å². The third kappa shape index (κ3) is 29.4. The Kier molecular flexibility index (Phi) is 20.3. The minimum absolute atomic E-state index is 0.871. The van der Waals surface area contributed by atoms with E-state index in [-0.39, 0.29) is 0 Å². The summed E-state index contributed by atoms with van der Waals surface area (Å²) >= 11 is -5.85. The van der Waals surface area contributed by atoms with E-state index in [1.54, 1.807) is 0 Å². The fourth-order valence-electron chi connectivity index (χ4n) is 1.48. The van der Waals surface area contributed by atoms with Gasteiger partial charge in [-0.1, -0.05) is 0 Å². The van der Waals surface area contributed by atoms with E-state index in [4.69, 9.17) is 53.5 Å². The summed E-state index contributed by atoms with van der Waals surface area (Å²) in [5.74, 6) is 0. The van der Waals surface area contributed by atoms with Crippen LogP contribution < -0.4 is 0 Å². The molecule has 0 fully saturated rings. The number of hydrogen-bond donors (Lipinski definition) is 0. The number of halogens is 6. The molecule has 0 spiro atoms. The Balaban J connectivity index is 0. The van der Waals surface area contributed by atoms with Gasteiger partial charge in [0.2, 0.25) is 0 Å². The second kappa shape index (κ2) is 15.8. The summed E-state index contributed by atoms with van der Waals surface area (Å²) in [6.07, 6.45) is 9.85. The van der Waals surface area contributed by atoms with Crippen LogP contribution in [0, 0.1) is 0 Å². The van der Waals surface area contributed by atoms with Crippen LogP contribution in [-0.4, -0.2) is 30.0 Å². The molecule has 0 nitrogen and oxygen atoms in total. The third-order valence-electron chi connectivity index (χ3n) is 2.63. The van der Waals surface area contributed by atoms with E-state index in [1.165, 1.54) is 32.1 Å². The molecule has 0 saturated heterocycles. The molecule has 0 aliphatic heterocycles. The van der Waals surface area contributed by atoms with Crippen LogP contribution in [0.25, 0.3) is 0 Å². The van der Waals surface area contributed by atoms with Crippen molar-refractivity contribution in [3.63, 3.8) is 0 Å². The molecular formula is C12H26Cl6Sn2. The average molecular weight is 620 g/mol. The second-order valence-electron chi connectivity index (χ2n) is 4.85. The molecule has 0 aromatic heterocycles. The van der Waals surface area contributed by atoms with E-state index in [1.807, 2.05) is 0 Å². The first-order valence-electron chi connectivity index (χ1n) is 7.26. The zero-order chi connectivity index (χ0) is 16.1. The third-order valence-corrected chi connectivity index (χ3v) is 15.5. The maximum absolute atomic E-state index is 5.81. The molecule has 0 N–H and O–H groups in total. The first-order chi connectivity index (χ1) is 9.12. The Labute approximate surface area is 155 Å². The number of hydrogen-bond acceptors (Lipinski definition) is 0. The number of rotatable bonds is 10. The van der Waals surface area contributed by atoms with Gasteiger partial charge in [-0.3, -0.25) is 0 Å². The molecule has 20 heavy (non-hydrogen) atoms. The van der Waals surface area contributed by atoms with Crippen molar-refractivity contribution in [2.45, 2.75) is 74.1 Å². The zero-order valence-corrected chi connectivity index (χ0v) is 22.6. The molecule has 0 aliphatic carbocycles. The molecule has 0 heterocycles. The molecule has 0 aliphatic rings. The monoisotopic (exact) mass is 620 g/mol. The van der Waals surface area contributed by atoms with Gasteiger partial charge in [-0.25, -0.2) is 0 Å². The van der Waals surface area contributed by atoms with Crippen LogP contribution in [0.4, 0.5) is 0 Å². The first-order valence-corrected chi connectivity index (χ1v) is 33.0. The Morgan fingerprint density at radius 2 is 0.850 bits per heavy atom. The van der Waals surface area contributed by atoms with Gasteiger partial charge < -0.3 is 0 Å². The van der Waals surface area contributed by atoms with Crippen molar-refractivity contribution in [1.29, 1.82) is 0 Å². The van der Waals surface area contributed by atoms with E-state index in [0.717, 1.165) is 28.1 Å². The van der Waals surface area contributed by atoms with Crippen molar-refractivity contribution in [1.82, 2.24) is 0 Å². The van der Waals surface area contributed by atoms with Crippen LogP contribution in [-0.2, 0) is 0 Å². The Morgan fingerprint density at radius 3 is 1.20 bits per heavy atom. The normalized spacial score (nSPS) is 12.0. The average Bonchev–Trinajstić information content (AvgIpc) is 2.29. The summed E-state index contributed by atoms with van der Waals surface area (Å²) in [6.45, 7) is 4.32. The molecule has 0 saturated carbocycles. The predicted octanol–water partition coefficient (Wildman–Crippen LogP) is 8.44. The van der Waals surface area contributed by atoms with Gasteiger partial charge in [0.05, 0.1) is 0 Å². The Hall–Kier alpha value is 3.34. The van der Waals surface area contributed by atoms with Crippen LogP contribution in [0.15, 0.2) is 0 Å². The fraction of sp³-hybridized carbons (Fsp3) is 1.00.